The first-order chi connectivity index (χ1) is 16.5. The van der Waals surface area contributed by atoms with Crippen LogP contribution in [0, 0.1) is 0 Å². The molecule has 1 saturated carbocycles. The van der Waals surface area contributed by atoms with Crippen molar-refractivity contribution in [2.45, 2.75) is 56.1 Å². The first-order valence-electron chi connectivity index (χ1n) is 12.0. The summed E-state index contributed by atoms with van der Waals surface area (Å²) in [5.74, 6) is -0.183. The summed E-state index contributed by atoms with van der Waals surface area (Å²) < 4.78 is 28.8. The normalized spacial score (nSPS) is 14.7. The maximum atomic E-state index is 13.7. The van der Waals surface area contributed by atoms with Crippen molar-refractivity contribution in [2.75, 3.05) is 6.54 Å². The Morgan fingerprint density at radius 3 is 1.68 bits per heavy atom. The van der Waals surface area contributed by atoms with E-state index in [0.717, 1.165) is 43.2 Å². The number of sulfonamides is 1. The molecule has 5 nitrogen and oxygen atoms in total. The van der Waals surface area contributed by atoms with Crippen LogP contribution in [0.1, 0.15) is 43.2 Å². The molecule has 0 N–H and O–H groups in total. The molecule has 0 heterocycles. The van der Waals surface area contributed by atoms with E-state index in [0.29, 0.717) is 13.1 Å². The van der Waals surface area contributed by atoms with Gasteiger partial charge >= 0.3 is 0 Å². The van der Waals surface area contributed by atoms with Gasteiger partial charge in [-0.1, -0.05) is 98.1 Å². The van der Waals surface area contributed by atoms with Gasteiger partial charge in [-0.25, -0.2) is 8.42 Å². The Labute approximate surface area is 203 Å². The highest BCUT2D eigenvalue weighted by atomic mass is 32.2. The summed E-state index contributed by atoms with van der Waals surface area (Å²) in [4.78, 5) is 15.7. The van der Waals surface area contributed by atoms with Crippen molar-refractivity contribution < 1.29 is 13.2 Å². The molecule has 0 unspecified atom stereocenters. The monoisotopic (exact) mass is 476 g/mol. The maximum absolute atomic E-state index is 13.7. The number of benzene rings is 3. The number of rotatable bonds is 9. The highest BCUT2D eigenvalue weighted by Gasteiger charge is 2.35. The molecule has 0 aliphatic heterocycles. The molecule has 0 spiro atoms. The molecule has 1 aliphatic carbocycles. The molecule has 6 heteroatoms. The van der Waals surface area contributed by atoms with Crippen molar-refractivity contribution in [3.63, 3.8) is 0 Å². The predicted octanol–water partition coefficient (Wildman–Crippen LogP) is 5.24. The molecule has 4 rings (SSSR count). The minimum Gasteiger partial charge on any atom is -0.333 e. The lowest BCUT2D eigenvalue weighted by atomic mass is 9.95. The summed E-state index contributed by atoms with van der Waals surface area (Å²) in [6, 6.07) is 28.0. The zero-order valence-electron chi connectivity index (χ0n) is 19.4. The Morgan fingerprint density at radius 1 is 0.706 bits per heavy atom. The molecule has 1 amide bonds. The van der Waals surface area contributed by atoms with Crippen molar-refractivity contribution >= 4 is 15.9 Å². The lowest BCUT2D eigenvalue weighted by Gasteiger charge is -2.34. The average Bonchev–Trinajstić information content (AvgIpc) is 2.89. The van der Waals surface area contributed by atoms with Gasteiger partial charge < -0.3 is 4.90 Å². The van der Waals surface area contributed by atoms with Crippen molar-refractivity contribution in [1.82, 2.24) is 9.21 Å². The van der Waals surface area contributed by atoms with Gasteiger partial charge in [-0.3, -0.25) is 4.79 Å². The molecule has 0 saturated heterocycles. The first kappa shape index (κ1) is 24.2. The van der Waals surface area contributed by atoms with Crippen LogP contribution in [0.25, 0.3) is 0 Å². The van der Waals surface area contributed by atoms with Crippen LogP contribution in [0.5, 0.6) is 0 Å². The molecule has 0 bridgehead atoms. The average molecular weight is 477 g/mol. The number of carbonyl (C=O) groups is 1. The van der Waals surface area contributed by atoms with Crippen LogP contribution >= 0.6 is 0 Å². The molecule has 1 fully saturated rings. The summed E-state index contributed by atoms with van der Waals surface area (Å²) in [7, 11) is -3.79. The largest absolute Gasteiger partial charge is 0.333 e. The molecule has 34 heavy (non-hydrogen) atoms. The topological polar surface area (TPSA) is 57.7 Å². The van der Waals surface area contributed by atoms with E-state index in [4.69, 9.17) is 0 Å². The third-order valence-electron chi connectivity index (χ3n) is 6.41. The highest BCUT2D eigenvalue weighted by molar-refractivity contribution is 7.89. The van der Waals surface area contributed by atoms with E-state index < -0.39 is 10.0 Å². The molecule has 3 aromatic carbocycles. The fraction of sp³-hybridized carbons (Fsp3) is 0.321. The molecule has 1 aliphatic rings. The van der Waals surface area contributed by atoms with Gasteiger partial charge in [0.05, 0.1) is 11.4 Å². The molecule has 0 atom stereocenters. The molecular formula is C28H32N2O3S. The van der Waals surface area contributed by atoms with Gasteiger partial charge in [0.25, 0.3) is 0 Å². The number of nitrogens with zero attached hydrogens (tertiary/aromatic N) is 2. The lowest BCUT2D eigenvalue weighted by Crippen LogP contribution is -2.47. The van der Waals surface area contributed by atoms with Crippen LogP contribution < -0.4 is 0 Å². The van der Waals surface area contributed by atoms with Gasteiger partial charge in [-0.15, -0.1) is 0 Å². The second-order valence-electron chi connectivity index (χ2n) is 8.88. The van der Waals surface area contributed by atoms with Gasteiger partial charge in [-0.2, -0.15) is 4.31 Å². The van der Waals surface area contributed by atoms with E-state index in [1.807, 2.05) is 60.7 Å². The Hall–Kier alpha value is -2.96. The van der Waals surface area contributed by atoms with Crippen LogP contribution in [0.3, 0.4) is 0 Å². The van der Waals surface area contributed by atoms with Gasteiger partial charge in [0.2, 0.25) is 15.9 Å². The second kappa shape index (κ2) is 11.4. The minimum absolute atomic E-state index is 0.151. The Kier molecular flexibility index (Phi) is 8.14. The van der Waals surface area contributed by atoms with Crippen molar-refractivity contribution in [3.8, 4) is 0 Å². The van der Waals surface area contributed by atoms with Crippen molar-refractivity contribution in [2.24, 2.45) is 0 Å². The predicted molar refractivity (Wildman–Crippen MR) is 134 cm³/mol. The summed E-state index contributed by atoms with van der Waals surface area (Å²) >= 11 is 0. The number of carbonyl (C=O) groups excluding carboxylic acids is 1. The zero-order chi connectivity index (χ0) is 23.8. The van der Waals surface area contributed by atoms with E-state index in [-0.39, 0.29) is 23.4 Å². The summed E-state index contributed by atoms with van der Waals surface area (Å²) in [5, 5.41) is 0. The van der Waals surface area contributed by atoms with E-state index in [2.05, 4.69) is 0 Å². The maximum Gasteiger partial charge on any atom is 0.243 e. The molecule has 0 radical (unpaired) electrons. The third-order valence-corrected chi connectivity index (χ3v) is 8.32. The molecule has 178 valence electrons. The number of hydrogen-bond donors (Lipinski definition) is 0. The van der Waals surface area contributed by atoms with Gasteiger partial charge in [0.15, 0.2) is 0 Å². The fourth-order valence-corrected chi connectivity index (χ4v) is 6.24. The van der Waals surface area contributed by atoms with E-state index in [9.17, 15) is 13.2 Å². The van der Waals surface area contributed by atoms with E-state index in [1.165, 1.54) is 4.31 Å². The van der Waals surface area contributed by atoms with Crippen LogP contribution in [0.4, 0.5) is 0 Å². The van der Waals surface area contributed by atoms with Crippen molar-refractivity contribution in [3.05, 3.63) is 102 Å². The molecular weight excluding hydrogens is 444 g/mol. The summed E-state index contributed by atoms with van der Waals surface area (Å²) in [6.07, 6.45) is 4.65. The third kappa shape index (κ3) is 6.13. The van der Waals surface area contributed by atoms with E-state index in [1.54, 1.807) is 35.2 Å². The SMILES string of the molecule is O=C(CN(C1CCCCC1)S(=O)(=O)c1ccccc1)N(Cc1ccccc1)Cc1ccccc1. The van der Waals surface area contributed by atoms with Crippen LogP contribution in [0.15, 0.2) is 95.9 Å². The summed E-state index contributed by atoms with van der Waals surface area (Å²) in [5.41, 5.74) is 2.03. The van der Waals surface area contributed by atoms with Crippen LogP contribution in [-0.4, -0.2) is 36.1 Å². The number of amides is 1. The van der Waals surface area contributed by atoms with E-state index >= 15 is 0 Å². The Balaban J connectivity index is 1.62. The van der Waals surface area contributed by atoms with Gasteiger partial charge in [0.1, 0.15) is 0 Å². The molecule has 0 aromatic heterocycles. The molecule has 3 aromatic rings. The van der Waals surface area contributed by atoms with Crippen LogP contribution in [0.2, 0.25) is 0 Å². The standard InChI is InChI=1S/C28H32N2O3S/c31-28(29(21-24-13-5-1-6-14-24)22-25-15-7-2-8-16-25)23-30(26-17-9-3-10-18-26)34(32,33)27-19-11-4-12-20-27/h1-2,4-8,11-16,19-20,26H,3,9-10,17-18,21-23H2. The highest BCUT2D eigenvalue weighted by Crippen LogP contribution is 2.28. The van der Waals surface area contributed by atoms with Gasteiger partial charge in [0, 0.05) is 19.1 Å². The van der Waals surface area contributed by atoms with Crippen LogP contribution in [-0.2, 0) is 27.9 Å². The second-order valence-corrected chi connectivity index (χ2v) is 10.8. The lowest BCUT2D eigenvalue weighted by molar-refractivity contribution is -0.133. The first-order valence-corrected chi connectivity index (χ1v) is 13.4. The van der Waals surface area contributed by atoms with Crippen molar-refractivity contribution in [1.29, 1.82) is 0 Å². The Morgan fingerprint density at radius 2 is 1.18 bits per heavy atom. The minimum atomic E-state index is -3.79. The zero-order valence-corrected chi connectivity index (χ0v) is 20.2. The summed E-state index contributed by atoms with van der Waals surface area (Å²) in [6.45, 7) is 0.707. The smallest absolute Gasteiger partial charge is 0.243 e. The quantitative estimate of drug-likeness (QED) is 0.424. The Bertz CT molecular complexity index is 1100. The fourth-order valence-electron chi connectivity index (χ4n) is 4.58. The number of hydrogen-bond acceptors (Lipinski definition) is 3. The van der Waals surface area contributed by atoms with Gasteiger partial charge in [-0.05, 0) is 36.1 Å².